The molecule has 0 saturated heterocycles. The molecule has 0 heterocycles. The molecule has 23 heavy (non-hydrogen) atoms. The van der Waals surface area contributed by atoms with Gasteiger partial charge in [0.1, 0.15) is 30.2 Å². The van der Waals surface area contributed by atoms with E-state index in [0.29, 0.717) is 5.56 Å². The van der Waals surface area contributed by atoms with Gasteiger partial charge in [0.05, 0.1) is 6.61 Å². The van der Waals surface area contributed by atoms with Crippen molar-refractivity contribution in [3.8, 4) is 0 Å². The topological polar surface area (TPSA) is 121 Å². The highest BCUT2D eigenvalue weighted by atomic mass is 16.4. The van der Waals surface area contributed by atoms with Crippen LogP contribution in [0.5, 0.6) is 0 Å². The summed E-state index contributed by atoms with van der Waals surface area (Å²) in [4.78, 5) is 0. The van der Waals surface area contributed by atoms with Gasteiger partial charge >= 0.3 is 0 Å². The minimum Gasteiger partial charge on any atom is -0.509 e. The van der Waals surface area contributed by atoms with E-state index in [9.17, 15) is 25.5 Å². The van der Waals surface area contributed by atoms with E-state index in [0.717, 1.165) is 18.4 Å². The Balaban J connectivity index is 2.94. The Bertz CT molecular complexity index is 528. The molecule has 0 aliphatic rings. The maximum Gasteiger partial charge on any atom is 0.139 e. The van der Waals surface area contributed by atoms with Gasteiger partial charge in [-0.1, -0.05) is 32.0 Å². The quantitative estimate of drug-likeness (QED) is 0.378. The zero-order chi connectivity index (χ0) is 17.6. The number of hydrogen-bond donors (Lipinski definition) is 6. The van der Waals surface area contributed by atoms with Gasteiger partial charge in [0.25, 0.3) is 0 Å². The minimum absolute atomic E-state index is 0.534. The molecule has 6 N–H and O–H groups in total. The molecule has 0 fully saturated rings. The smallest absolute Gasteiger partial charge is 0.139 e. The number of rotatable bonds is 8. The van der Waals surface area contributed by atoms with Crippen LogP contribution in [0.25, 0.3) is 6.08 Å². The molecule has 6 nitrogen and oxygen atoms in total. The summed E-state index contributed by atoms with van der Waals surface area (Å²) in [6.07, 6.45) is -3.97. The molecule has 0 spiro atoms. The zero-order valence-electron chi connectivity index (χ0n) is 13.4. The van der Waals surface area contributed by atoms with Gasteiger partial charge < -0.3 is 30.6 Å². The molecule has 0 radical (unpaired) electrons. The van der Waals surface area contributed by atoms with Gasteiger partial charge in [-0.25, -0.2) is 0 Å². The lowest BCUT2D eigenvalue weighted by molar-refractivity contribution is -0.112. The first-order chi connectivity index (χ1) is 10.8. The summed E-state index contributed by atoms with van der Waals surface area (Å²) in [6, 6.07) is 5.60. The van der Waals surface area contributed by atoms with Crippen LogP contribution in [-0.4, -0.2) is 61.7 Å². The molecule has 4 atom stereocenters. The summed E-state index contributed by atoms with van der Waals surface area (Å²) in [7, 11) is 0. The van der Waals surface area contributed by atoms with Crippen molar-refractivity contribution in [3.05, 3.63) is 40.6 Å². The van der Waals surface area contributed by atoms with Crippen molar-refractivity contribution < 1.29 is 30.6 Å². The fourth-order valence-electron chi connectivity index (χ4n) is 2.36. The highest BCUT2D eigenvalue weighted by Gasteiger charge is 2.32. The summed E-state index contributed by atoms with van der Waals surface area (Å²) in [6.45, 7) is 3.30. The van der Waals surface area contributed by atoms with E-state index in [2.05, 4.69) is 6.92 Å². The minimum atomic E-state index is -1.83. The van der Waals surface area contributed by atoms with E-state index < -0.39 is 36.8 Å². The fourth-order valence-corrected chi connectivity index (χ4v) is 2.36. The second kappa shape index (κ2) is 9.00. The molecule has 0 aromatic heterocycles. The number of aliphatic hydroxyl groups excluding tert-OH is 6. The third kappa shape index (κ3) is 5.02. The number of aliphatic hydroxyl groups is 6. The molecule has 0 bridgehead atoms. The van der Waals surface area contributed by atoms with Gasteiger partial charge in [-0.15, -0.1) is 0 Å². The van der Waals surface area contributed by atoms with Gasteiger partial charge in [-0.2, -0.15) is 0 Å². The van der Waals surface area contributed by atoms with Crippen LogP contribution in [0.1, 0.15) is 30.5 Å². The Hall–Kier alpha value is -1.44. The van der Waals surface area contributed by atoms with Gasteiger partial charge in [-0.05, 0) is 35.6 Å². The van der Waals surface area contributed by atoms with E-state index in [-0.39, 0.29) is 0 Å². The van der Waals surface area contributed by atoms with Gasteiger partial charge in [0, 0.05) is 0 Å². The maximum atomic E-state index is 9.93. The van der Waals surface area contributed by atoms with E-state index in [1.165, 1.54) is 11.6 Å². The van der Waals surface area contributed by atoms with Crippen molar-refractivity contribution in [2.75, 3.05) is 6.61 Å². The van der Waals surface area contributed by atoms with E-state index in [1.807, 2.05) is 19.1 Å². The lowest BCUT2D eigenvalue weighted by Crippen LogP contribution is -2.46. The molecule has 0 aliphatic carbocycles. The summed E-state index contributed by atoms with van der Waals surface area (Å²) in [5, 5.41) is 57.1. The van der Waals surface area contributed by atoms with Crippen molar-refractivity contribution in [1.82, 2.24) is 0 Å². The van der Waals surface area contributed by atoms with Crippen molar-refractivity contribution in [2.24, 2.45) is 0 Å². The summed E-state index contributed by atoms with van der Waals surface area (Å²) in [5.74, 6) is -0.534. The molecular formula is C17H26O6. The van der Waals surface area contributed by atoms with E-state index in [4.69, 9.17) is 5.11 Å². The first-order valence-electron chi connectivity index (χ1n) is 7.71. The van der Waals surface area contributed by atoms with Crippen LogP contribution in [-0.2, 0) is 12.8 Å². The average molecular weight is 326 g/mol. The average Bonchev–Trinajstić information content (AvgIpc) is 2.58. The predicted molar refractivity (Wildman–Crippen MR) is 86.9 cm³/mol. The molecule has 1 aromatic rings. The third-order valence-electron chi connectivity index (χ3n) is 3.86. The molecule has 1 rings (SSSR count). The summed E-state index contributed by atoms with van der Waals surface area (Å²) in [5.41, 5.74) is 2.98. The summed E-state index contributed by atoms with van der Waals surface area (Å²) >= 11 is 0. The SMILES string of the molecule is CCc1ccc(C=C(O)C(O)C(O)C(O)C(O)CO)cc1CC. The second-order valence-corrected chi connectivity index (χ2v) is 5.48. The monoisotopic (exact) mass is 326 g/mol. The van der Waals surface area contributed by atoms with Crippen molar-refractivity contribution in [3.63, 3.8) is 0 Å². The van der Waals surface area contributed by atoms with Crippen LogP contribution in [0.2, 0.25) is 0 Å². The van der Waals surface area contributed by atoms with Crippen molar-refractivity contribution in [2.45, 2.75) is 51.1 Å². The lowest BCUT2D eigenvalue weighted by Gasteiger charge is -2.25. The predicted octanol–water partition coefficient (Wildman–Crippen LogP) is 0.146. The van der Waals surface area contributed by atoms with Crippen molar-refractivity contribution in [1.29, 1.82) is 0 Å². The molecule has 0 amide bonds. The van der Waals surface area contributed by atoms with Gasteiger partial charge in [0.2, 0.25) is 0 Å². The Morgan fingerprint density at radius 2 is 1.61 bits per heavy atom. The van der Waals surface area contributed by atoms with E-state index in [1.54, 1.807) is 6.07 Å². The van der Waals surface area contributed by atoms with Gasteiger partial charge in [0.15, 0.2) is 0 Å². The van der Waals surface area contributed by atoms with Crippen LogP contribution in [0.4, 0.5) is 0 Å². The van der Waals surface area contributed by atoms with Crippen LogP contribution in [0.3, 0.4) is 0 Å². The summed E-state index contributed by atoms with van der Waals surface area (Å²) < 4.78 is 0. The molecule has 130 valence electrons. The Morgan fingerprint density at radius 3 is 2.13 bits per heavy atom. The fraction of sp³-hybridized carbons (Fsp3) is 0.529. The standard InChI is InChI=1S/C17H26O6/c1-3-11-6-5-10(7-12(11)4-2)8-13(19)15(21)17(23)16(22)14(20)9-18/h5-8,14-23H,3-4,9H2,1-2H3. The molecule has 0 aliphatic heterocycles. The van der Waals surface area contributed by atoms with Crippen LogP contribution in [0.15, 0.2) is 24.0 Å². The lowest BCUT2D eigenvalue weighted by atomic mass is 9.98. The first-order valence-corrected chi connectivity index (χ1v) is 7.71. The number of aryl methyl sites for hydroxylation is 2. The Morgan fingerprint density at radius 1 is 1.00 bits per heavy atom. The molecule has 6 heteroatoms. The highest BCUT2D eigenvalue weighted by Crippen LogP contribution is 2.18. The van der Waals surface area contributed by atoms with Crippen LogP contribution in [0, 0.1) is 0 Å². The zero-order valence-corrected chi connectivity index (χ0v) is 13.4. The highest BCUT2D eigenvalue weighted by molar-refractivity contribution is 5.54. The number of hydrogen-bond acceptors (Lipinski definition) is 6. The molecular weight excluding hydrogens is 300 g/mol. The Kier molecular flexibility index (Phi) is 7.67. The Labute approximate surface area is 136 Å². The van der Waals surface area contributed by atoms with Crippen molar-refractivity contribution >= 4 is 6.08 Å². The van der Waals surface area contributed by atoms with Gasteiger partial charge in [-0.3, -0.25) is 0 Å². The normalized spacial score (nSPS) is 17.6. The molecule has 1 aromatic carbocycles. The molecule has 0 saturated carbocycles. The first kappa shape index (κ1) is 19.6. The van der Waals surface area contributed by atoms with Crippen LogP contribution < -0.4 is 0 Å². The van der Waals surface area contributed by atoms with E-state index >= 15 is 0 Å². The maximum absolute atomic E-state index is 9.93. The molecule has 4 unspecified atom stereocenters. The third-order valence-corrected chi connectivity index (χ3v) is 3.86. The second-order valence-electron chi connectivity index (χ2n) is 5.48. The number of benzene rings is 1. The van der Waals surface area contributed by atoms with Crippen LogP contribution >= 0.6 is 0 Å². The largest absolute Gasteiger partial charge is 0.509 e.